The summed E-state index contributed by atoms with van der Waals surface area (Å²) in [4.78, 5) is 1.76. The molecule has 0 saturated carbocycles. The van der Waals surface area contributed by atoms with Crippen molar-refractivity contribution in [2.24, 2.45) is 5.14 Å². The van der Waals surface area contributed by atoms with E-state index in [1.54, 1.807) is 19.1 Å². The third kappa shape index (κ3) is 3.09. The Balaban J connectivity index is 2.55. The average molecular weight is 307 g/mol. The number of nitrogen functional groups attached to an aromatic ring is 1. The van der Waals surface area contributed by atoms with Gasteiger partial charge in [0.25, 0.3) is 0 Å². The Bertz CT molecular complexity index is 760. The molecule has 0 aliphatic heterocycles. The van der Waals surface area contributed by atoms with Gasteiger partial charge in [-0.05, 0) is 30.3 Å². The molecule has 0 atom stereocenters. The standard InChI is InChI=1S/C14H17N3O3S/c1-17(12-5-3-4-6-14(12)20-2)13-9-10(21(16,18)19)7-8-11(13)15/h3-9H,15H2,1-2H3,(H2,16,18,19). The molecule has 6 nitrogen and oxygen atoms in total. The van der Waals surface area contributed by atoms with E-state index in [9.17, 15) is 8.42 Å². The summed E-state index contributed by atoms with van der Waals surface area (Å²) in [6.45, 7) is 0. The molecule has 0 aliphatic rings. The van der Waals surface area contributed by atoms with Gasteiger partial charge in [0.2, 0.25) is 10.0 Å². The number of nitrogens with two attached hydrogens (primary N) is 2. The van der Waals surface area contributed by atoms with Gasteiger partial charge in [-0.25, -0.2) is 13.6 Å². The number of methoxy groups -OCH3 is 1. The number of benzene rings is 2. The smallest absolute Gasteiger partial charge is 0.238 e. The highest BCUT2D eigenvalue weighted by molar-refractivity contribution is 7.89. The van der Waals surface area contributed by atoms with Crippen LogP contribution in [-0.2, 0) is 10.0 Å². The number of hydrogen-bond donors (Lipinski definition) is 2. The van der Waals surface area contributed by atoms with Crippen molar-refractivity contribution >= 4 is 27.1 Å². The van der Waals surface area contributed by atoms with Crippen LogP contribution < -0.4 is 20.5 Å². The fourth-order valence-corrected chi connectivity index (χ4v) is 2.56. The maximum atomic E-state index is 11.5. The largest absolute Gasteiger partial charge is 0.495 e. The molecule has 112 valence electrons. The fraction of sp³-hybridized carbons (Fsp3) is 0.143. The predicted octanol–water partition coefficient (Wildman–Crippen LogP) is 1.69. The zero-order valence-corrected chi connectivity index (χ0v) is 12.6. The second-order valence-corrected chi connectivity index (χ2v) is 6.06. The quantitative estimate of drug-likeness (QED) is 0.838. The van der Waals surface area contributed by atoms with Gasteiger partial charge in [0.05, 0.1) is 29.1 Å². The first-order chi connectivity index (χ1) is 9.84. The average Bonchev–Trinajstić information content (AvgIpc) is 2.45. The van der Waals surface area contributed by atoms with Crippen LogP contribution in [-0.4, -0.2) is 22.6 Å². The van der Waals surface area contributed by atoms with Gasteiger partial charge in [0.1, 0.15) is 5.75 Å². The van der Waals surface area contributed by atoms with E-state index in [1.165, 1.54) is 18.2 Å². The van der Waals surface area contributed by atoms with Crippen molar-refractivity contribution in [3.8, 4) is 5.75 Å². The molecule has 0 saturated heterocycles. The molecule has 0 aromatic heterocycles. The van der Waals surface area contributed by atoms with Gasteiger partial charge in [0, 0.05) is 7.05 Å². The number of rotatable bonds is 4. The van der Waals surface area contributed by atoms with Crippen LogP contribution in [0.3, 0.4) is 0 Å². The van der Waals surface area contributed by atoms with Gasteiger partial charge >= 0.3 is 0 Å². The van der Waals surface area contributed by atoms with E-state index < -0.39 is 10.0 Å². The maximum absolute atomic E-state index is 11.5. The van der Waals surface area contributed by atoms with Gasteiger partial charge in [0.15, 0.2) is 0 Å². The molecule has 0 amide bonds. The van der Waals surface area contributed by atoms with Crippen molar-refractivity contribution < 1.29 is 13.2 Å². The van der Waals surface area contributed by atoms with Gasteiger partial charge in [-0.1, -0.05) is 12.1 Å². The zero-order chi connectivity index (χ0) is 15.6. The molecule has 0 aliphatic carbocycles. The maximum Gasteiger partial charge on any atom is 0.238 e. The molecule has 2 aromatic carbocycles. The molecule has 2 rings (SSSR count). The summed E-state index contributed by atoms with van der Waals surface area (Å²) in [7, 11) is -0.446. The summed E-state index contributed by atoms with van der Waals surface area (Å²) < 4.78 is 28.2. The minimum absolute atomic E-state index is 0.00782. The summed E-state index contributed by atoms with van der Waals surface area (Å²) in [6, 6.07) is 11.7. The Hall–Kier alpha value is -2.25. The lowest BCUT2D eigenvalue weighted by molar-refractivity contribution is 0.415. The van der Waals surface area contributed by atoms with E-state index in [0.29, 0.717) is 17.1 Å². The van der Waals surface area contributed by atoms with Crippen LogP contribution in [0, 0.1) is 0 Å². The van der Waals surface area contributed by atoms with Crippen LogP contribution >= 0.6 is 0 Å². The van der Waals surface area contributed by atoms with Gasteiger partial charge < -0.3 is 15.4 Å². The summed E-state index contributed by atoms with van der Waals surface area (Å²) in [5.74, 6) is 0.653. The van der Waals surface area contributed by atoms with E-state index in [2.05, 4.69) is 0 Å². The van der Waals surface area contributed by atoms with Crippen LogP contribution in [0.5, 0.6) is 5.75 Å². The fourth-order valence-electron chi connectivity index (χ4n) is 2.03. The number of para-hydroxylation sites is 2. The highest BCUT2D eigenvalue weighted by Gasteiger charge is 2.16. The second-order valence-electron chi connectivity index (χ2n) is 4.50. The molecule has 0 spiro atoms. The van der Waals surface area contributed by atoms with Crippen molar-refractivity contribution in [3.63, 3.8) is 0 Å². The Morgan fingerprint density at radius 1 is 1.10 bits per heavy atom. The molecular weight excluding hydrogens is 290 g/mol. The van der Waals surface area contributed by atoms with Gasteiger partial charge in [-0.15, -0.1) is 0 Å². The van der Waals surface area contributed by atoms with Crippen molar-refractivity contribution in [1.29, 1.82) is 0 Å². The minimum Gasteiger partial charge on any atom is -0.495 e. The Kier molecular flexibility index (Phi) is 4.06. The SMILES string of the molecule is COc1ccccc1N(C)c1cc(S(N)(=O)=O)ccc1N. The van der Waals surface area contributed by atoms with Crippen molar-refractivity contribution in [2.75, 3.05) is 24.8 Å². The molecule has 7 heteroatoms. The van der Waals surface area contributed by atoms with Crippen LogP contribution in [0.1, 0.15) is 0 Å². The van der Waals surface area contributed by atoms with Crippen molar-refractivity contribution in [1.82, 2.24) is 0 Å². The van der Waals surface area contributed by atoms with Crippen LogP contribution in [0.4, 0.5) is 17.1 Å². The van der Waals surface area contributed by atoms with Crippen molar-refractivity contribution in [2.45, 2.75) is 4.90 Å². The minimum atomic E-state index is -3.79. The number of primary sulfonamides is 1. The number of nitrogens with zero attached hydrogens (tertiary/aromatic N) is 1. The molecule has 4 N–H and O–H groups in total. The second kappa shape index (κ2) is 5.63. The third-order valence-electron chi connectivity index (χ3n) is 3.14. The molecule has 0 fully saturated rings. The number of hydrogen-bond acceptors (Lipinski definition) is 5. The molecular formula is C14H17N3O3S. The first-order valence-corrected chi connectivity index (χ1v) is 7.68. The van der Waals surface area contributed by atoms with Crippen molar-refractivity contribution in [3.05, 3.63) is 42.5 Å². The highest BCUT2D eigenvalue weighted by Crippen LogP contribution is 2.35. The van der Waals surface area contributed by atoms with Gasteiger partial charge in [-0.3, -0.25) is 0 Å². The predicted molar refractivity (Wildman–Crippen MR) is 83.3 cm³/mol. The molecule has 0 heterocycles. The highest BCUT2D eigenvalue weighted by atomic mass is 32.2. The van der Waals surface area contributed by atoms with E-state index in [4.69, 9.17) is 15.6 Å². The Morgan fingerprint density at radius 3 is 2.38 bits per heavy atom. The molecule has 0 bridgehead atoms. The first-order valence-electron chi connectivity index (χ1n) is 6.13. The van der Waals surface area contributed by atoms with E-state index >= 15 is 0 Å². The number of ether oxygens (including phenoxy) is 1. The molecule has 2 aromatic rings. The third-order valence-corrected chi connectivity index (χ3v) is 4.05. The van der Waals surface area contributed by atoms with Crippen LogP contribution in [0.2, 0.25) is 0 Å². The lowest BCUT2D eigenvalue weighted by Gasteiger charge is -2.23. The topological polar surface area (TPSA) is 98.6 Å². The molecule has 0 radical (unpaired) electrons. The van der Waals surface area contributed by atoms with Crippen LogP contribution in [0.15, 0.2) is 47.4 Å². The molecule has 21 heavy (non-hydrogen) atoms. The first kappa shape index (κ1) is 15.1. The normalized spacial score (nSPS) is 11.2. The summed E-state index contributed by atoms with van der Waals surface area (Å²) >= 11 is 0. The van der Waals surface area contributed by atoms with E-state index in [1.807, 2.05) is 24.3 Å². The Labute approximate surface area is 124 Å². The number of sulfonamides is 1. The summed E-state index contributed by atoms with van der Waals surface area (Å²) in [5, 5.41) is 5.16. The Morgan fingerprint density at radius 2 is 1.76 bits per heavy atom. The summed E-state index contributed by atoms with van der Waals surface area (Å²) in [5.41, 5.74) is 7.68. The molecule has 0 unspecified atom stereocenters. The van der Waals surface area contributed by atoms with Crippen LogP contribution in [0.25, 0.3) is 0 Å². The lowest BCUT2D eigenvalue weighted by Crippen LogP contribution is -2.16. The lowest BCUT2D eigenvalue weighted by atomic mass is 10.2. The van der Waals surface area contributed by atoms with Gasteiger partial charge in [-0.2, -0.15) is 0 Å². The zero-order valence-electron chi connectivity index (χ0n) is 11.8. The summed E-state index contributed by atoms with van der Waals surface area (Å²) in [6.07, 6.45) is 0. The monoisotopic (exact) mass is 307 g/mol. The van der Waals surface area contributed by atoms with E-state index in [-0.39, 0.29) is 4.90 Å². The number of anilines is 3. The van der Waals surface area contributed by atoms with E-state index in [0.717, 1.165) is 5.69 Å².